The number of hydrogen-bond donors (Lipinski definition) is 1. The van der Waals surface area contributed by atoms with Gasteiger partial charge in [0.2, 0.25) is 11.8 Å². The number of nitrogens with one attached hydrogen (secondary N) is 1. The van der Waals surface area contributed by atoms with E-state index in [1.165, 1.54) is 0 Å². The van der Waals surface area contributed by atoms with Crippen LogP contribution in [-0.4, -0.2) is 25.0 Å². The van der Waals surface area contributed by atoms with E-state index in [-0.39, 0.29) is 36.5 Å². The first-order valence-corrected chi connectivity index (χ1v) is 9.73. The number of rotatable bonds is 5. The van der Waals surface area contributed by atoms with E-state index in [1.54, 1.807) is 6.07 Å². The van der Waals surface area contributed by atoms with Crippen LogP contribution in [0.1, 0.15) is 49.7 Å². The van der Waals surface area contributed by atoms with Gasteiger partial charge in [-0.1, -0.05) is 12.1 Å². The molecule has 2 aliphatic carbocycles. The van der Waals surface area contributed by atoms with Crippen LogP contribution in [0.3, 0.4) is 0 Å². The largest absolute Gasteiger partial charge is 0.368 e. The van der Waals surface area contributed by atoms with Crippen molar-refractivity contribution in [2.24, 2.45) is 17.8 Å². The molecule has 1 aliphatic heterocycles. The monoisotopic (exact) mass is 374 g/mol. The van der Waals surface area contributed by atoms with Crippen LogP contribution in [0.5, 0.6) is 0 Å². The van der Waals surface area contributed by atoms with Gasteiger partial charge in [0.1, 0.15) is 5.60 Å². The topological polar surface area (TPSA) is 62.1 Å². The Hall–Kier alpha value is -2.00. The van der Waals surface area contributed by atoms with Crippen LogP contribution >= 0.6 is 0 Å². The van der Waals surface area contributed by atoms with Gasteiger partial charge in [0.15, 0.2) is 0 Å². The number of carbonyl (C=O) groups excluding carboxylic acids is 1. The van der Waals surface area contributed by atoms with E-state index in [9.17, 15) is 13.6 Å². The highest BCUT2D eigenvalue weighted by molar-refractivity contribution is 5.81. The zero-order valence-electron chi connectivity index (χ0n) is 15.2. The Morgan fingerprint density at radius 2 is 2.04 bits per heavy atom. The molecular weight excluding hydrogens is 350 g/mol. The van der Waals surface area contributed by atoms with Gasteiger partial charge in [0.05, 0.1) is 24.8 Å². The molecule has 3 fully saturated rings. The second-order valence-corrected chi connectivity index (χ2v) is 8.20. The average molecular weight is 374 g/mol. The normalized spacial score (nSPS) is 32.2. The van der Waals surface area contributed by atoms with Crippen molar-refractivity contribution >= 4 is 5.91 Å². The Morgan fingerprint density at radius 3 is 2.67 bits per heavy atom. The van der Waals surface area contributed by atoms with Gasteiger partial charge in [0, 0.05) is 25.2 Å². The first kappa shape index (κ1) is 18.4. The van der Waals surface area contributed by atoms with E-state index >= 15 is 0 Å². The maximum atomic E-state index is 13.3. The van der Waals surface area contributed by atoms with Crippen molar-refractivity contribution in [2.45, 2.75) is 50.0 Å². The van der Waals surface area contributed by atoms with E-state index < -0.39 is 11.5 Å². The fourth-order valence-electron chi connectivity index (χ4n) is 4.58. The standard InChI is InChI=1S/C21H24F2N2O2/c22-21(23)6-4-15(5-7-21)17-11-18(17)19(26)25-13-20(8-9-27-20)16-3-1-2-14(10-16)12-24/h1-3,10,15,17-18H,4-9,11,13H2,(H,25,26)/t17?,18?,20-/m1/s1. The van der Waals surface area contributed by atoms with Crippen LogP contribution in [0, 0.1) is 29.1 Å². The van der Waals surface area contributed by atoms with Crippen LogP contribution < -0.4 is 5.32 Å². The summed E-state index contributed by atoms with van der Waals surface area (Å²) in [5, 5.41) is 12.1. The third-order valence-electron chi connectivity index (χ3n) is 6.49. The van der Waals surface area contributed by atoms with Gasteiger partial charge in [-0.3, -0.25) is 4.79 Å². The quantitative estimate of drug-likeness (QED) is 0.854. The predicted octanol–water partition coefficient (Wildman–Crippen LogP) is 3.75. The number of halogens is 2. The minimum Gasteiger partial charge on any atom is -0.368 e. The van der Waals surface area contributed by atoms with Crippen LogP contribution in [0.2, 0.25) is 0 Å². The lowest BCUT2D eigenvalue weighted by atomic mass is 9.83. The lowest BCUT2D eigenvalue weighted by Gasteiger charge is -2.42. The Balaban J connectivity index is 1.32. The zero-order valence-corrected chi connectivity index (χ0v) is 15.2. The molecule has 4 rings (SSSR count). The number of ether oxygens (including phenoxy) is 1. The SMILES string of the molecule is N#Cc1cccc([C@]2(CNC(=O)C3CC3C3CCC(F)(F)CC3)CCO2)c1. The molecule has 27 heavy (non-hydrogen) atoms. The summed E-state index contributed by atoms with van der Waals surface area (Å²) in [6.45, 7) is 1.02. The van der Waals surface area contributed by atoms with Crippen molar-refractivity contribution in [3.05, 3.63) is 35.4 Å². The van der Waals surface area contributed by atoms with Crippen molar-refractivity contribution in [1.29, 1.82) is 5.26 Å². The van der Waals surface area contributed by atoms with Crippen molar-refractivity contribution in [3.8, 4) is 6.07 Å². The molecule has 1 amide bonds. The third kappa shape index (κ3) is 3.70. The number of carbonyl (C=O) groups is 1. The summed E-state index contributed by atoms with van der Waals surface area (Å²) in [4.78, 5) is 12.6. The predicted molar refractivity (Wildman–Crippen MR) is 94.9 cm³/mol. The molecule has 1 aromatic rings. The summed E-state index contributed by atoms with van der Waals surface area (Å²) in [7, 11) is 0. The van der Waals surface area contributed by atoms with Gasteiger partial charge in [-0.25, -0.2) is 8.78 Å². The summed E-state index contributed by atoms with van der Waals surface area (Å²) in [6.07, 6.45) is 2.56. The Kier molecular flexibility index (Phi) is 4.67. The van der Waals surface area contributed by atoms with Crippen LogP contribution in [-0.2, 0) is 15.1 Å². The fraction of sp³-hybridized carbons (Fsp3) is 0.619. The summed E-state index contributed by atoms with van der Waals surface area (Å²) in [6, 6.07) is 9.45. The highest BCUT2D eigenvalue weighted by atomic mass is 19.3. The van der Waals surface area contributed by atoms with E-state index in [0.717, 1.165) is 18.4 Å². The minimum absolute atomic E-state index is 0.00338. The maximum Gasteiger partial charge on any atom is 0.248 e. The Bertz CT molecular complexity index is 760. The molecule has 0 radical (unpaired) electrons. The third-order valence-corrected chi connectivity index (χ3v) is 6.49. The Labute approximate surface area is 157 Å². The average Bonchev–Trinajstić information content (AvgIpc) is 3.41. The van der Waals surface area contributed by atoms with Gasteiger partial charge >= 0.3 is 0 Å². The van der Waals surface area contributed by atoms with E-state index in [2.05, 4.69) is 11.4 Å². The molecule has 3 atom stereocenters. The molecule has 1 saturated heterocycles. The molecule has 6 heteroatoms. The highest BCUT2D eigenvalue weighted by Crippen LogP contribution is 2.51. The molecule has 0 spiro atoms. The van der Waals surface area contributed by atoms with E-state index in [1.807, 2.05) is 18.2 Å². The van der Waals surface area contributed by atoms with Crippen molar-refractivity contribution in [1.82, 2.24) is 5.32 Å². The molecule has 4 nitrogen and oxygen atoms in total. The maximum absolute atomic E-state index is 13.3. The number of nitriles is 1. The molecule has 0 aromatic heterocycles. The van der Waals surface area contributed by atoms with Crippen molar-refractivity contribution in [2.75, 3.05) is 13.2 Å². The smallest absolute Gasteiger partial charge is 0.248 e. The molecule has 2 unspecified atom stereocenters. The molecule has 3 aliphatic rings. The number of alkyl halides is 2. The molecule has 1 N–H and O–H groups in total. The molecule has 144 valence electrons. The highest BCUT2D eigenvalue weighted by Gasteiger charge is 2.50. The van der Waals surface area contributed by atoms with Crippen LogP contribution in [0.25, 0.3) is 0 Å². The van der Waals surface area contributed by atoms with Gasteiger partial charge in [-0.2, -0.15) is 5.26 Å². The molecule has 1 aromatic carbocycles. The summed E-state index contributed by atoms with van der Waals surface area (Å²) in [5.41, 5.74) is 0.930. The molecule has 1 heterocycles. The minimum atomic E-state index is -2.52. The van der Waals surface area contributed by atoms with Crippen LogP contribution in [0.4, 0.5) is 8.78 Å². The summed E-state index contributed by atoms with van der Waals surface area (Å²) in [5.74, 6) is -2.06. The van der Waals surface area contributed by atoms with E-state index in [0.29, 0.717) is 31.6 Å². The van der Waals surface area contributed by atoms with Crippen molar-refractivity contribution < 1.29 is 18.3 Å². The van der Waals surface area contributed by atoms with E-state index in [4.69, 9.17) is 10.00 Å². The lowest BCUT2D eigenvalue weighted by Crippen LogP contribution is -2.50. The zero-order chi connectivity index (χ0) is 19.1. The van der Waals surface area contributed by atoms with Gasteiger partial charge in [-0.15, -0.1) is 0 Å². The molecule has 0 bridgehead atoms. The molecule has 2 saturated carbocycles. The molecular formula is C21H24F2N2O2. The summed E-state index contributed by atoms with van der Waals surface area (Å²) >= 11 is 0. The van der Waals surface area contributed by atoms with Crippen molar-refractivity contribution in [3.63, 3.8) is 0 Å². The number of hydrogen-bond acceptors (Lipinski definition) is 3. The van der Waals surface area contributed by atoms with Gasteiger partial charge < -0.3 is 10.1 Å². The fourth-order valence-corrected chi connectivity index (χ4v) is 4.58. The second kappa shape index (κ2) is 6.87. The second-order valence-electron chi connectivity index (χ2n) is 8.20. The lowest BCUT2D eigenvalue weighted by molar-refractivity contribution is -0.155. The number of benzene rings is 1. The number of nitrogens with zero attached hydrogens (tertiary/aromatic N) is 1. The first-order valence-electron chi connectivity index (χ1n) is 9.73. The number of amides is 1. The first-order chi connectivity index (χ1) is 12.9. The van der Waals surface area contributed by atoms with Gasteiger partial charge in [-0.05, 0) is 48.8 Å². The Morgan fingerprint density at radius 1 is 1.30 bits per heavy atom. The van der Waals surface area contributed by atoms with Gasteiger partial charge in [0.25, 0.3) is 0 Å². The van der Waals surface area contributed by atoms with Crippen LogP contribution in [0.15, 0.2) is 24.3 Å². The summed E-state index contributed by atoms with van der Waals surface area (Å²) < 4.78 is 32.4.